The Bertz CT molecular complexity index is 1500. The number of para-hydroxylation sites is 2. The standard InChI is InChI=1S/C26H23N5O2/c1-2-29-15-19(17-7-3-5-9-21(17)29)23-24(26(33)31(14-12-28)25(23)32)20-16-30(13-11-27)22-10-6-4-8-18(20)22/h3-10,15-16H,2,12-14,28H2,1H3. The van der Waals surface area contributed by atoms with Gasteiger partial charge >= 0.3 is 0 Å². The van der Waals surface area contributed by atoms with Crippen molar-refractivity contribution in [2.24, 2.45) is 5.73 Å². The lowest BCUT2D eigenvalue weighted by molar-refractivity contribution is -0.135. The molecule has 0 fully saturated rings. The van der Waals surface area contributed by atoms with Crippen LogP contribution in [0, 0.1) is 11.3 Å². The zero-order chi connectivity index (χ0) is 23.1. The van der Waals surface area contributed by atoms with Gasteiger partial charge in [-0.25, -0.2) is 0 Å². The van der Waals surface area contributed by atoms with Gasteiger partial charge < -0.3 is 14.9 Å². The van der Waals surface area contributed by atoms with Crippen LogP contribution in [0.2, 0.25) is 0 Å². The summed E-state index contributed by atoms with van der Waals surface area (Å²) in [5.41, 5.74) is 9.73. The first-order chi connectivity index (χ1) is 16.1. The highest BCUT2D eigenvalue weighted by Gasteiger charge is 2.41. The van der Waals surface area contributed by atoms with Gasteiger partial charge in [-0.1, -0.05) is 36.4 Å². The van der Waals surface area contributed by atoms with Crippen molar-refractivity contribution in [1.29, 1.82) is 5.26 Å². The Morgan fingerprint density at radius 2 is 1.36 bits per heavy atom. The van der Waals surface area contributed by atoms with Gasteiger partial charge in [0.25, 0.3) is 11.8 Å². The summed E-state index contributed by atoms with van der Waals surface area (Å²) in [7, 11) is 0. The number of aromatic nitrogens is 2. The van der Waals surface area contributed by atoms with Crippen molar-refractivity contribution in [2.75, 3.05) is 13.1 Å². The quantitative estimate of drug-likeness (QED) is 0.468. The molecule has 7 heteroatoms. The van der Waals surface area contributed by atoms with E-state index in [1.807, 2.05) is 66.2 Å². The number of nitrogens with two attached hydrogens (primary N) is 1. The molecule has 7 nitrogen and oxygen atoms in total. The molecule has 0 bridgehead atoms. The number of carbonyl (C=O) groups excluding carboxylic acids is 2. The molecule has 33 heavy (non-hydrogen) atoms. The average molecular weight is 438 g/mol. The summed E-state index contributed by atoms with van der Waals surface area (Å²) in [6.45, 7) is 3.26. The zero-order valence-corrected chi connectivity index (χ0v) is 18.3. The topological polar surface area (TPSA) is 97.1 Å². The van der Waals surface area contributed by atoms with Crippen molar-refractivity contribution in [3.8, 4) is 6.07 Å². The van der Waals surface area contributed by atoms with Crippen molar-refractivity contribution in [1.82, 2.24) is 14.0 Å². The minimum absolute atomic E-state index is 0.146. The van der Waals surface area contributed by atoms with E-state index >= 15 is 0 Å². The van der Waals surface area contributed by atoms with E-state index in [0.29, 0.717) is 16.7 Å². The fourth-order valence-corrected chi connectivity index (χ4v) is 4.77. The molecule has 3 heterocycles. The summed E-state index contributed by atoms with van der Waals surface area (Å²) in [5, 5.41) is 11.1. The molecule has 0 atom stereocenters. The van der Waals surface area contributed by atoms with Crippen LogP contribution in [-0.4, -0.2) is 38.9 Å². The van der Waals surface area contributed by atoms with E-state index < -0.39 is 0 Å². The van der Waals surface area contributed by atoms with E-state index in [1.54, 1.807) is 6.20 Å². The second-order valence-electron chi connectivity index (χ2n) is 7.99. The number of imide groups is 1. The molecule has 0 saturated heterocycles. The first-order valence-electron chi connectivity index (χ1n) is 10.9. The average Bonchev–Trinajstić information content (AvgIpc) is 3.46. The first kappa shape index (κ1) is 20.7. The third kappa shape index (κ3) is 3.07. The minimum atomic E-state index is -0.353. The highest BCUT2D eigenvalue weighted by Crippen LogP contribution is 2.41. The molecule has 2 N–H and O–H groups in total. The van der Waals surface area contributed by atoms with Crippen molar-refractivity contribution in [3.63, 3.8) is 0 Å². The molecule has 0 aliphatic carbocycles. The van der Waals surface area contributed by atoms with E-state index in [0.717, 1.165) is 33.9 Å². The Morgan fingerprint density at radius 1 is 0.848 bits per heavy atom. The Morgan fingerprint density at radius 3 is 1.88 bits per heavy atom. The zero-order valence-electron chi connectivity index (χ0n) is 18.3. The van der Waals surface area contributed by atoms with Crippen LogP contribution >= 0.6 is 0 Å². The second kappa shape index (κ2) is 8.08. The Balaban J connectivity index is 1.85. The van der Waals surface area contributed by atoms with Crippen molar-refractivity contribution in [3.05, 3.63) is 72.1 Å². The fourth-order valence-electron chi connectivity index (χ4n) is 4.77. The Hall–Kier alpha value is -4.15. The molecule has 4 aromatic rings. The largest absolute Gasteiger partial charge is 0.347 e. The number of rotatable bonds is 6. The normalized spacial score (nSPS) is 14.2. The van der Waals surface area contributed by atoms with Gasteiger partial charge in [-0.05, 0) is 19.1 Å². The number of hydrogen-bond acceptors (Lipinski definition) is 4. The van der Waals surface area contributed by atoms with Crippen molar-refractivity contribution in [2.45, 2.75) is 20.0 Å². The van der Waals surface area contributed by atoms with Gasteiger partial charge in [0.1, 0.15) is 6.54 Å². The SMILES string of the molecule is CCn1cc(C2=C(c3cn(CC#N)c4ccccc34)C(=O)N(CCN)C2=O)c2ccccc21. The molecule has 0 spiro atoms. The number of hydrogen-bond donors (Lipinski definition) is 1. The van der Waals surface area contributed by atoms with Crippen LogP contribution in [-0.2, 0) is 22.7 Å². The second-order valence-corrected chi connectivity index (χ2v) is 7.99. The lowest BCUT2D eigenvalue weighted by Crippen LogP contribution is -2.35. The maximum Gasteiger partial charge on any atom is 0.262 e. The number of carbonyl (C=O) groups is 2. The highest BCUT2D eigenvalue weighted by molar-refractivity contribution is 6.50. The molecule has 0 unspecified atom stereocenters. The smallest absolute Gasteiger partial charge is 0.262 e. The van der Waals surface area contributed by atoms with Crippen LogP contribution < -0.4 is 5.73 Å². The molecular formula is C26H23N5O2. The molecule has 1 aliphatic rings. The third-order valence-electron chi connectivity index (χ3n) is 6.22. The summed E-state index contributed by atoms with van der Waals surface area (Å²) in [6.07, 6.45) is 3.75. The minimum Gasteiger partial charge on any atom is -0.347 e. The molecule has 164 valence electrons. The van der Waals surface area contributed by atoms with Crippen LogP contribution in [0.1, 0.15) is 18.1 Å². The van der Waals surface area contributed by atoms with Crippen molar-refractivity contribution >= 4 is 44.8 Å². The van der Waals surface area contributed by atoms with E-state index in [2.05, 4.69) is 10.6 Å². The predicted octanol–water partition coefficient (Wildman–Crippen LogP) is 3.38. The Kier molecular flexibility index (Phi) is 5.08. The van der Waals surface area contributed by atoms with E-state index in [4.69, 9.17) is 5.73 Å². The fraction of sp³-hybridized carbons (Fsp3) is 0.192. The molecule has 5 rings (SSSR count). The van der Waals surface area contributed by atoms with Crippen LogP contribution in [0.15, 0.2) is 60.9 Å². The number of nitrogens with zero attached hydrogens (tertiary/aromatic N) is 4. The van der Waals surface area contributed by atoms with Gasteiger partial charge in [-0.3, -0.25) is 14.5 Å². The lowest BCUT2D eigenvalue weighted by atomic mass is 9.95. The van der Waals surface area contributed by atoms with Gasteiger partial charge in [-0.15, -0.1) is 0 Å². The highest BCUT2D eigenvalue weighted by atomic mass is 16.2. The monoisotopic (exact) mass is 437 g/mol. The number of fused-ring (bicyclic) bond motifs is 2. The first-order valence-corrected chi connectivity index (χ1v) is 10.9. The summed E-state index contributed by atoms with van der Waals surface area (Å²) < 4.78 is 3.89. The lowest BCUT2D eigenvalue weighted by Gasteiger charge is -2.13. The van der Waals surface area contributed by atoms with Gasteiger partial charge in [0, 0.05) is 65.0 Å². The summed E-state index contributed by atoms with van der Waals surface area (Å²) in [5.74, 6) is -0.690. The molecule has 2 amide bonds. The number of aryl methyl sites for hydroxylation is 1. The number of nitriles is 1. The van der Waals surface area contributed by atoms with E-state index in [-0.39, 0.29) is 31.4 Å². The Labute approximate surface area is 190 Å². The summed E-state index contributed by atoms with van der Waals surface area (Å²) >= 11 is 0. The molecule has 2 aromatic heterocycles. The molecule has 0 radical (unpaired) electrons. The predicted molar refractivity (Wildman–Crippen MR) is 128 cm³/mol. The summed E-state index contributed by atoms with van der Waals surface area (Å²) in [4.78, 5) is 28.5. The maximum absolute atomic E-state index is 13.6. The third-order valence-corrected chi connectivity index (χ3v) is 6.22. The van der Waals surface area contributed by atoms with E-state index in [9.17, 15) is 14.9 Å². The molecule has 0 saturated carbocycles. The van der Waals surface area contributed by atoms with Gasteiger partial charge in [0.15, 0.2) is 0 Å². The van der Waals surface area contributed by atoms with Crippen LogP contribution in [0.25, 0.3) is 33.0 Å². The number of benzene rings is 2. The van der Waals surface area contributed by atoms with Crippen LogP contribution in [0.5, 0.6) is 0 Å². The molecular weight excluding hydrogens is 414 g/mol. The van der Waals surface area contributed by atoms with Gasteiger partial charge in [0.2, 0.25) is 0 Å². The van der Waals surface area contributed by atoms with Gasteiger partial charge in [-0.2, -0.15) is 5.26 Å². The van der Waals surface area contributed by atoms with Crippen molar-refractivity contribution < 1.29 is 9.59 Å². The summed E-state index contributed by atoms with van der Waals surface area (Å²) in [6, 6.07) is 17.7. The van der Waals surface area contributed by atoms with Gasteiger partial charge in [0.05, 0.1) is 17.2 Å². The number of amides is 2. The van der Waals surface area contributed by atoms with Crippen LogP contribution in [0.3, 0.4) is 0 Å². The van der Waals surface area contributed by atoms with E-state index in [1.165, 1.54) is 4.90 Å². The maximum atomic E-state index is 13.6. The molecule has 2 aromatic carbocycles. The molecule has 1 aliphatic heterocycles. The van der Waals surface area contributed by atoms with Crippen LogP contribution in [0.4, 0.5) is 0 Å².